The highest BCUT2D eigenvalue weighted by Crippen LogP contribution is 2.17. The fourth-order valence-electron chi connectivity index (χ4n) is 3.35. The summed E-state index contributed by atoms with van der Waals surface area (Å²) in [6.07, 6.45) is 3.22. The fourth-order valence-corrected chi connectivity index (χ4v) is 3.35. The van der Waals surface area contributed by atoms with Crippen LogP contribution in [-0.4, -0.2) is 28.2 Å². The number of hydrogen-bond acceptors (Lipinski definition) is 3. The van der Waals surface area contributed by atoms with Crippen LogP contribution in [0, 0.1) is 11.8 Å². The van der Waals surface area contributed by atoms with E-state index in [1.165, 1.54) is 0 Å². The summed E-state index contributed by atoms with van der Waals surface area (Å²) in [4.78, 5) is 30.6. The maximum Gasteiger partial charge on any atom is 0.255 e. The Morgan fingerprint density at radius 3 is 2.73 bits per heavy atom. The van der Waals surface area contributed by atoms with Gasteiger partial charge in [-0.15, -0.1) is 0 Å². The summed E-state index contributed by atoms with van der Waals surface area (Å²) < 4.78 is 0. The van der Waals surface area contributed by atoms with Crippen LogP contribution in [0.15, 0.2) is 72.9 Å². The van der Waals surface area contributed by atoms with Crippen molar-refractivity contribution in [1.82, 2.24) is 9.88 Å². The molecule has 0 unspecified atom stereocenters. The molecule has 1 aromatic heterocycles. The quantitative estimate of drug-likeness (QED) is 0.683. The lowest BCUT2D eigenvalue weighted by atomic mass is 10.1. The van der Waals surface area contributed by atoms with Crippen LogP contribution in [0.2, 0.25) is 0 Å². The highest BCUT2D eigenvalue weighted by atomic mass is 16.2. The minimum Gasteiger partial charge on any atom is -0.338 e. The van der Waals surface area contributed by atoms with Gasteiger partial charge >= 0.3 is 0 Å². The number of carbonyl (C=O) groups excluding carboxylic acids is 2. The number of hydrogen-bond donors (Lipinski definition) is 1. The Morgan fingerprint density at radius 1 is 1.03 bits per heavy atom. The summed E-state index contributed by atoms with van der Waals surface area (Å²) in [5.41, 5.74) is 3.67. The third-order valence-electron chi connectivity index (χ3n) is 4.85. The van der Waals surface area contributed by atoms with Gasteiger partial charge < -0.3 is 10.2 Å². The lowest BCUT2D eigenvalue weighted by Gasteiger charge is -2.16. The molecule has 0 spiro atoms. The Morgan fingerprint density at radius 2 is 1.93 bits per heavy atom. The summed E-state index contributed by atoms with van der Waals surface area (Å²) in [6, 6.07) is 20.4. The van der Waals surface area contributed by atoms with Crippen molar-refractivity contribution in [2.24, 2.45) is 0 Å². The van der Waals surface area contributed by atoms with Crippen molar-refractivity contribution in [3.63, 3.8) is 0 Å². The Labute approximate surface area is 175 Å². The molecular formula is C25H21N3O2. The van der Waals surface area contributed by atoms with Gasteiger partial charge in [0.1, 0.15) is 5.69 Å². The van der Waals surface area contributed by atoms with Gasteiger partial charge in [0.15, 0.2) is 0 Å². The van der Waals surface area contributed by atoms with E-state index in [2.05, 4.69) is 22.1 Å². The SMILES string of the molecule is O=C(Nc1cccc(C#Cc2ccccn2)c1)c1cccc(CN2CCCC2=O)c1. The summed E-state index contributed by atoms with van der Waals surface area (Å²) in [6.45, 7) is 1.32. The molecule has 4 rings (SSSR count). The van der Waals surface area contributed by atoms with Crippen LogP contribution in [0.5, 0.6) is 0 Å². The summed E-state index contributed by atoms with van der Waals surface area (Å²) in [5.74, 6) is 6.06. The van der Waals surface area contributed by atoms with E-state index in [0.29, 0.717) is 29.9 Å². The van der Waals surface area contributed by atoms with Gasteiger partial charge in [0, 0.05) is 42.5 Å². The molecule has 1 saturated heterocycles. The first-order valence-electron chi connectivity index (χ1n) is 9.88. The van der Waals surface area contributed by atoms with E-state index in [4.69, 9.17) is 0 Å². The van der Waals surface area contributed by atoms with Gasteiger partial charge in [-0.2, -0.15) is 0 Å². The molecule has 0 aliphatic carbocycles. The van der Waals surface area contributed by atoms with Gasteiger partial charge in [0.25, 0.3) is 5.91 Å². The first-order chi connectivity index (χ1) is 14.7. The molecule has 3 aromatic rings. The number of anilines is 1. The van der Waals surface area contributed by atoms with E-state index >= 15 is 0 Å². The number of aromatic nitrogens is 1. The average molecular weight is 395 g/mol. The average Bonchev–Trinajstić information content (AvgIpc) is 3.18. The van der Waals surface area contributed by atoms with Crippen LogP contribution in [0.1, 0.15) is 40.0 Å². The zero-order valence-corrected chi connectivity index (χ0v) is 16.5. The van der Waals surface area contributed by atoms with E-state index in [9.17, 15) is 9.59 Å². The van der Waals surface area contributed by atoms with Crippen LogP contribution >= 0.6 is 0 Å². The molecule has 2 amide bonds. The second-order valence-electron chi connectivity index (χ2n) is 7.12. The Hall–Kier alpha value is -3.91. The molecule has 2 aromatic carbocycles. The molecule has 5 heteroatoms. The van der Waals surface area contributed by atoms with E-state index in [1.54, 1.807) is 12.3 Å². The summed E-state index contributed by atoms with van der Waals surface area (Å²) in [7, 11) is 0. The Bertz CT molecular complexity index is 1130. The second-order valence-corrected chi connectivity index (χ2v) is 7.12. The number of amides is 2. The first-order valence-corrected chi connectivity index (χ1v) is 9.88. The largest absolute Gasteiger partial charge is 0.338 e. The molecule has 30 heavy (non-hydrogen) atoms. The molecule has 148 valence electrons. The Balaban J connectivity index is 1.44. The lowest BCUT2D eigenvalue weighted by molar-refractivity contribution is -0.128. The normalized spacial score (nSPS) is 12.9. The molecule has 1 fully saturated rings. The van der Waals surface area contributed by atoms with Crippen LogP contribution in [0.4, 0.5) is 5.69 Å². The second kappa shape index (κ2) is 9.06. The van der Waals surface area contributed by atoms with Crippen LogP contribution in [0.25, 0.3) is 0 Å². The van der Waals surface area contributed by atoms with E-state index < -0.39 is 0 Å². The smallest absolute Gasteiger partial charge is 0.255 e. The number of nitrogens with one attached hydrogen (secondary N) is 1. The minimum absolute atomic E-state index is 0.175. The summed E-state index contributed by atoms with van der Waals surface area (Å²) >= 11 is 0. The van der Waals surface area contributed by atoms with Crippen molar-refractivity contribution in [2.45, 2.75) is 19.4 Å². The zero-order chi connectivity index (χ0) is 20.8. The van der Waals surface area contributed by atoms with Crippen molar-refractivity contribution < 1.29 is 9.59 Å². The van der Waals surface area contributed by atoms with Gasteiger partial charge in [0.2, 0.25) is 5.91 Å². The van der Waals surface area contributed by atoms with Gasteiger partial charge in [-0.05, 0) is 60.4 Å². The monoisotopic (exact) mass is 395 g/mol. The van der Waals surface area contributed by atoms with Crippen LogP contribution in [-0.2, 0) is 11.3 Å². The lowest BCUT2D eigenvalue weighted by Crippen LogP contribution is -2.24. The minimum atomic E-state index is -0.195. The molecule has 0 radical (unpaired) electrons. The van der Waals surface area contributed by atoms with Crippen molar-refractivity contribution >= 4 is 17.5 Å². The first kappa shape index (κ1) is 19.4. The predicted octanol–water partition coefficient (Wildman–Crippen LogP) is 3.86. The molecule has 2 heterocycles. The van der Waals surface area contributed by atoms with Gasteiger partial charge in [-0.3, -0.25) is 9.59 Å². The van der Waals surface area contributed by atoms with Gasteiger partial charge in [-0.25, -0.2) is 4.98 Å². The van der Waals surface area contributed by atoms with Gasteiger partial charge in [0.05, 0.1) is 0 Å². The standard InChI is InChI=1S/C25H21N3O2/c29-24-11-5-15-28(24)18-20-7-3-8-21(16-20)25(30)27-23-10-4-6-19(17-23)12-13-22-9-1-2-14-26-22/h1-4,6-10,14,16-17H,5,11,15,18H2,(H,27,30). The molecular weight excluding hydrogens is 374 g/mol. The summed E-state index contributed by atoms with van der Waals surface area (Å²) in [5, 5.41) is 2.92. The number of nitrogens with zero attached hydrogens (tertiary/aromatic N) is 2. The number of carbonyl (C=O) groups is 2. The zero-order valence-electron chi connectivity index (χ0n) is 16.5. The molecule has 1 aliphatic heterocycles. The molecule has 0 saturated carbocycles. The third-order valence-corrected chi connectivity index (χ3v) is 4.85. The van der Waals surface area contributed by atoms with Crippen molar-refractivity contribution in [3.8, 4) is 11.8 Å². The van der Waals surface area contributed by atoms with Crippen molar-refractivity contribution in [2.75, 3.05) is 11.9 Å². The van der Waals surface area contributed by atoms with Crippen molar-refractivity contribution in [1.29, 1.82) is 0 Å². The fraction of sp³-hybridized carbons (Fsp3) is 0.160. The van der Waals surface area contributed by atoms with E-state index in [1.807, 2.05) is 65.6 Å². The van der Waals surface area contributed by atoms with Crippen LogP contribution < -0.4 is 5.32 Å². The maximum absolute atomic E-state index is 12.7. The highest BCUT2D eigenvalue weighted by Gasteiger charge is 2.20. The number of pyridine rings is 1. The number of likely N-dealkylation sites (tertiary alicyclic amines) is 1. The molecule has 0 bridgehead atoms. The molecule has 5 nitrogen and oxygen atoms in total. The third kappa shape index (κ3) is 4.92. The number of benzene rings is 2. The number of rotatable bonds is 4. The van der Waals surface area contributed by atoms with E-state index in [-0.39, 0.29) is 11.8 Å². The van der Waals surface area contributed by atoms with Crippen LogP contribution in [0.3, 0.4) is 0 Å². The Kier molecular flexibility index (Phi) is 5.86. The maximum atomic E-state index is 12.7. The molecule has 1 aliphatic rings. The molecule has 0 atom stereocenters. The van der Waals surface area contributed by atoms with Gasteiger partial charge in [-0.1, -0.05) is 30.2 Å². The van der Waals surface area contributed by atoms with E-state index in [0.717, 1.165) is 24.1 Å². The molecule has 1 N–H and O–H groups in total. The van der Waals surface area contributed by atoms with Crippen molar-refractivity contribution in [3.05, 3.63) is 95.3 Å². The topological polar surface area (TPSA) is 62.3 Å². The predicted molar refractivity (Wildman–Crippen MR) is 116 cm³/mol. The highest BCUT2D eigenvalue weighted by molar-refractivity contribution is 6.04.